The summed E-state index contributed by atoms with van der Waals surface area (Å²) in [6.45, 7) is 5.67. The maximum atomic E-state index is 12.4. The molecule has 1 aromatic rings. The van der Waals surface area contributed by atoms with Gasteiger partial charge in [0, 0.05) is 25.8 Å². The van der Waals surface area contributed by atoms with E-state index in [1.54, 1.807) is 19.2 Å². The molecule has 1 rings (SSSR count). The van der Waals surface area contributed by atoms with Crippen LogP contribution in [0.1, 0.15) is 39.5 Å². The third-order valence-corrected chi connectivity index (χ3v) is 5.09. The highest BCUT2D eigenvalue weighted by molar-refractivity contribution is 7.89. The smallest absolute Gasteiger partial charge is 0.242 e. The molecule has 114 valence electrons. The highest BCUT2D eigenvalue weighted by Gasteiger charge is 2.19. The quantitative estimate of drug-likeness (QED) is 0.712. The van der Waals surface area contributed by atoms with E-state index in [0.29, 0.717) is 11.4 Å². The number of anilines is 1. The zero-order chi connectivity index (χ0) is 15.0. The Labute approximate surface area is 123 Å². The van der Waals surface area contributed by atoms with Crippen LogP contribution in [0.15, 0.2) is 29.2 Å². The number of unbranched alkanes of at least 4 members (excludes halogenated alkanes) is 2. The van der Waals surface area contributed by atoms with Crippen molar-refractivity contribution >= 4 is 15.7 Å². The number of rotatable bonds is 9. The van der Waals surface area contributed by atoms with Crippen LogP contribution in [0.25, 0.3) is 0 Å². The van der Waals surface area contributed by atoms with Gasteiger partial charge in [-0.25, -0.2) is 12.7 Å². The van der Waals surface area contributed by atoms with Crippen molar-refractivity contribution in [2.24, 2.45) is 0 Å². The SMILES string of the molecule is CCCCCN(C)S(=O)(=O)c1ccc(NCCC)cc1. The van der Waals surface area contributed by atoms with Crippen molar-refractivity contribution in [3.05, 3.63) is 24.3 Å². The molecule has 0 heterocycles. The summed E-state index contributed by atoms with van der Waals surface area (Å²) in [5.74, 6) is 0. The molecule has 0 fully saturated rings. The van der Waals surface area contributed by atoms with E-state index < -0.39 is 10.0 Å². The zero-order valence-electron chi connectivity index (χ0n) is 12.7. The van der Waals surface area contributed by atoms with Gasteiger partial charge in [-0.3, -0.25) is 0 Å². The molecule has 1 N–H and O–H groups in total. The van der Waals surface area contributed by atoms with Gasteiger partial charge in [-0.15, -0.1) is 0 Å². The van der Waals surface area contributed by atoms with Gasteiger partial charge in [0.2, 0.25) is 10.0 Å². The van der Waals surface area contributed by atoms with E-state index >= 15 is 0 Å². The lowest BCUT2D eigenvalue weighted by atomic mass is 10.2. The van der Waals surface area contributed by atoms with E-state index in [1.807, 2.05) is 12.1 Å². The van der Waals surface area contributed by atoms with Crippen molar-refractivity contribution in [2.45, 2.75) is 44.4 Å². The Bertz CT molecular complexity index is 483. The average molecular weight is 298 g/mol. The summed E-state index contributed by atoms with van der Waals surface area (Å²) in [5.41, 5.74) is 0.958. The summed E-state index contributed by atoms with van der Waals surface area (Å²) in [7, 11) is -1.70. The Hall–Kier alpha value is -1.07. The van der Waals surface area contributed by atoms with E-state index in [1.165, 1.54) is 4.31 Å². The Morgan fingerprint density at radius 2 is 1.70 bits per heavy atom. The minimum atomic E-state index is -3.35. The molecule has 0 aliphatic carbocycles. The number of sulfonamides is 1. The molecule has 1 aromatic carbocycles. The molecule has 4 nitrogen and oxygen atoms in total. The van der Waals surface area contributed by atoms with Crippen molar-refractivity contribution < 1.29 is 8.42 Å². The predicted octanol–water partition coefficient (Wildman–Crippen LogP) is 3.32. The van der Waals surface area contributed by atoms with Crippen molar-refractivity contribution in [1.82, 2.24) is 4.31 Å². The Morgan fingerprint density at radius 1 is 1.05 bits per heavy atom. The molecule has 5 heteroatoms. The lowest BCUT2D eigenvalue weighted by molar-refractivity contribution is 0.454. The predicted molar refractivity (Wildman–Crippen MR) is 84.6 cm³/mol. The summed E-state index contributed by atoms with van der Waals surface area (Å²) in [4.78, 5) is 0.360. The van der Waals surface area contributed by atoms with Gasteiger partial charge in [0.25, 0.3) is 0 Å². The third kappa shape index (κ3) is 4.80. The standard InChI is InChI=1S/C15H26N2O2S/c1-4-6-7-13-17(3)20(18,19)15-10-8-14(9-11-15)16-12-5-2/h8-11,16H,4-7,12-13H2,1-3H3. The van der Waals surface area contributed by atoms with Crippen molar-refractivity contribution in [3.63, 3.8) is 0 Å². The lowest BCUT2D eigenvalue weighted by Gasteiger charge is -2.17. The average Bonchev–Trinajstić information content (AvgIpc) is 2.45. The van der Waals surface area contributed by atoms with Crippen LogP contribution in [0.4, 0.5) is 5.69 Å². The number of nitrogens with one attached hydrogen (secondary N) is 1. The summed E-state index contributed by atoms with van der Waals surface area (Å²) >= 11 is 0. The van der Waals surface area contributed by atoms with Crippen LogP contribution in [0.5, 0.6) is 0 Å². The molecule has 0 saturated heterocycles. The highest BCUT2D eigenvalue weighted by atomic mass is 32.2. The molecular formula is C15H26N2O2S. The molecule has 0 spiro atoms. The van der Waals surface area contributed by atoms with Gasteiger partial charge < -0.3 is 5.32 Å². The number of hydrogen-bond acceptors (Lipinski definition) is 3. The fraction of sp³-hybridized carbons (Fsp3) is 0.600. The second kappa shape index (κ2) is 8.27. The summed E-state index contributed by atoms with van der Waals surface area (Å²) < 4.78 is 26.2. The van der Waals surface area contributed by atoms with Crippen LogP contribution in [0, 0.1) is 0 Å². The van der Waals surface area contributed by atoms with Gasteiger partial charge >= 0.3 is 0 Å². The van der Waals surface area contributed by atoms with Crippen LogP contribution in [0.2, 0.25) is 0 Å². The highest BCUT2D eigenvalue weighted by Crippen LogP contribution is 2.18. The topological polar surface area (TPSA) is 49.4 Å². The summed E-state index contributed by atoms with van der Waals surface area (Å²) in [6, 6.07) is 6.98. The fourth-order valence-electron chi connectivity index (χ4n) is 1.90. The monoisotopic (exact) mass is 298 g/mol. The van der Waals surface area contributed by atoms with Gasteiger partial charge in [-0.1, -0.05) is 26.7 Å². The third-order valence-electron chi connectivity index (χ3n) is 3.22. The van der Waals surface area contributed by atoms with E-state index in [2.05, 4.69) is 19.2 Å². The number of benzene rings is 1. The molecule has 0 radical (unpaired) electrons. The maximum absolute atomic E-state index is 12.4. The minimum absolute atomic E-state index is 0.360. The molecular weight excluding hydrogens is 272 g/mol. The van der Waals surface area contributed by atoms with Crippen LogP contribution in [-0.4, -0.2) is 32.9 Å². The Morgan fingerprint density at radius 3 is 2.25 bits per heavy atom. The van der Waals surface area contributed by atoms with Gasteiger partial charge in [0.15, 0.2) is 0 Å². The van der Waals surface area contributed by atoms with Crippen molar-refractivity contribution in [1.29, 1.82) is 0 Å². The minimum Gasteiger partial charge on any atom is -0.385 e. The lowest BCUT2D eigenvalue weighted by Crippen LogP contribution is -2.27. The largest absolute Gasteiger partial charge is 0.385 e. The zero-order valence-corrected chi connectivity index (χ0v) is 13.5. The van der Waals surface area contributed by atoms with Crippen molar-refractivity contribution in [3.8, 4) is 0 Å². The molecule has 20 heavy (non-hydrogen) atoms. The second-order valence-electron chi connectivity index (χ2n) is 4.98. The van der Waals surface area contributed by atoms with Gasteiger partial charge in [-0.2, -0.15) is 0 Å². The maximum Gasteiger partial charge on any atom is 0.242 e. The van der Waals surface area contributed by atoms with E-state index in [9.17, 15) is 8.42 Å². The van der Waals surface area contributed by atoms with E-state index in [4.69, 9.17) is 0 Å². The molecule has 0 amide bonds. The van der Waals surface area contributed by atoms with Crippen LogP contribution >= 0.6 is 0 Å². The first kappa shape index (κ1) is 17.0. The Balaban J connectivity index is 2.71. The normalized spacial score (nSPS) is 11.8. The molecule has 0 aliphatic rings. The Kier molecular flexibility index (Phi) is 7.02. The number of nitrogens with zero attached hydrogens (tertiary/aromatic N) is 1. The fourth-order valence-corrected chi connectivity index (χ4v) is 3.11. The number of hydrogen-bond donors (Lipinski definition) is 1. The molecule has 0 aliphatic heterocycles. The van der Waals surface area contributed by atoms with E-state index in [0.717, 1.165) is 37.9 Å². The molecule has 0 bridgehead atoms. The molecule has 0 aromatic heterocycles. The first-order chi connectivity index (χ1) is 9.52. The molecule has 0 saturated carbocycles. The second-order valence-corrected chi connectivity index (χ2v) is 7.03. The van der Waals surface area contributed by atoms with Gasteiger partial charge in [-0.05, 0) is 37.1 Å². The first-order valence-electron chi connectivity index (χ1n) is 7.32. The van der Waals surface area contributed by atoms with E-state index in [-0.39, 0.29) is 0 Å². The first-order valence-corrected chi connectivity index (χ1v) is 8.76. The van der Waals surface area contributed by atoms with Gasteiger partial charge in [0.1, 0.15) is 0 Å². The van der Waals surface area contributed by atoms with Gasteiger partial charge in [0.05, 0.1) is 4.90 Å². The summed E-state index contributed by atoms with van der Waals surface area (Å²) in [5, 5.41) is 3.24. The molecule has 0 unspecified atom stereocenters. The van der Waals surface area contributed by atoms with Crippen molar-refractivity contribution in [2.75, 3.05) is 25.5 Å². The summed E-state index contributed by atoms with van der Waals surface area (Å²) in [6.07, 6.45) is 4.09. The van der Waals surface area contributed by atoms with Crippen LogP contribution in [0.3, 0.4) is 0 Å². The molecule has 0 atom stereocenters. The van der Waals surface area contributed by atoms with Crippen LogP contribution in [-0.2, 0) is 10.0 Å². The van der Waals surface area contributed by atoms with Crippen LogP contribution < -0.4 is 5.32 Å².